The number of hydrogen-bond acceptors (Lipinski definition) is 15. The van der Waals surface area contributed by atoms with Crippen LogP contribution in [0.3, 0.4) is 0 Å². The Labute approximate surface area is 855 Å². The second-order valence-electron chi connectivity index (χ2n) is 32.7. The lowest BCUT2D eigenvalue weighted by molar-refractivity contribution is 0.226. The van der Waals surface area contributed by atoms with Crippen molar-refractivity contribution >= 4 is 63.0 Å². The largest absolute Gasteiger partial charge is 0.744 e. The second kappa shape index (κ2) is 57.9. The fourth-order valence-corrected chi connectivity index (χ4v) is 22.0. The molecule has 0 amide bonds. The van der Waals surface area contributed by atoms with E-state index in [2.05, 4.69) is 236 Å². The molecular formula is C114H109F11O15S6. The highest BCUT2D eigenvalue weighted by molar-refractivity contribution is 7.97. The molecule has 15 rings (SSSR count). The number of unbranched alkanes of at least 4 members (excludes halogenated alkanes) is 3. The minimum Gasteiger partial charge on any atom is -0.744 e. The van der Waals surface area contributed by atoms with Crippen LogP contribution in [0.1, 0.15) is 134 Å². The zero-order valence-corrected chi connectivity index (χ0v) is 85.5. The van der Waals surface area contributed by atoms with Crippen LogP contribution in [0.15, 0.2) is 411 Å². The second-order valence-corrected chi connectivity index (χ2v) is 42.8. The summed E-state index contributed by atoms with van der Waals surface area (Å²) in [5.41, 5.74) is 3.71. The quantitative estimate of drug-likeness (QED) is 0.0115. The van der Waals surface area contributed by atoms with Crippen LogP contribution >= 0.6 is 0 Å². The zero-order valence-electron chi connectivity index (χ0n) is 80.6. The molecule has 0 bridgehead atoms. The normalized spacial score (nSPS) is 11.8. The first-order valence-corrected chi connectivity index (χ1v) is 54.5. The Morgan fingerprint density at radius 2 is 0.418 bits per heavy atom. The number of rotatable bonds is 39. The van der Waals surface area contributed by atoms with Gasteiger partial charge in [-0.15, -0.1) is 0 Å². The lowest BCUT2D eigenvalue weighted by atomic mass is 9.99. The van der Waals surface area contributed by atoms with Crippen molar-refractivity contribution in [2.24, 2.45) is 0 Å². The summed E-state index contributed by atoms with van der Waals surface area (Å²) in [5, 5.41) is 0. The summed E-state index contributed by atoms with van der Waals surface area (Å²) in [6.45, 7) is 13.7. The van der Waals surface area contributed by atoms with Crippen LogP contribution in [0.2, 0.25) is 0 Å². The molecule has 0 aliphatic carbocycles. The molecule has 0 aliphatic heterocycles. The van der Waals surface area contributed by atoms with Gasteiger partial charge in [0, 0.05) is 12.8 Å². The SMILES string of the molecule is CCC(C)c1ccc(OCCCCCCOc2c(F)c(F)c(S(=O)(=O)[O-])c(F)c2F)cc1.CCC(C)c1ccc(OCCCOc2c(F)c(F)c(S(=O)(=O)[O-])c(F)c2F)cc1.CCC(C)c1ccc(OCCCOc2ccc(S(=O)(=O)[O-])cc2)cc1.Fc1ccc([S+](c2ccc(F)cc2)c2ccc(F)cc2)cc1.c1ccc([S+](c2ccccc2)c2ccccc2)cc1.c1ccc([S+](c2ccccc2)c2ccccc2)cc1. The average molecular weight is 2120 g/mol. The molecule has 0 heterocycles. The van der Waals surface area contributed by atoms with Crippen molar-refractivity contribution < 1.29 is 116 Å². The number of benzene rings is 15. The Kier molecular flexibility index (Phi) is 45.6. The number of halogens is 11. The monoisotopic (exact) mass is 2120 g/mol. The molecule has 15 aromatic carbocycles. The van der Waals surface area contributed by atoms with E-state index < -0.39 is 109 Å². The van der Waals surface area contributed by atoms with Crippen molar-refractivity contribution in [2.75, 3.05) is 39.6 Å². The van der Waals surface area contributed by atoms with Crippen molar-refractivity contribution in [1.29, 1.82) is 0 Å². The lowest BCUT2D eigenvalue weighted by Gasteiger charge is -2.15. The summed E-state index contributed by atoms with van der Waals surface area (Å²) in [6.07, 6.45) is 6.31. The van der Waals surface area contributed by atoms with Crippen molar-refractivity contribution in [3.63, 3.8) is 0 Å². The highest BCUT2D eigenvalue weighted by Crippen LogP contribution is 2.39. The Hall–Kier alpha value is -12.9. The molecule has 768 valence electrons. The minimum absolute atomic E-state index is 0.0146. The predicted octanol–water partition coefficient (Wildman–Crippen LogP) is 28.9. The van der Waals surface area contributed by atoms with Gasteiger partial charge in [0.15, 0.2) is 78.8 Å². The van der Waals surface area contributed by atoms with E-state index in [0.29, 0.717) is 68.3 Å². The summed E-state index contributed by atoms with van der Waals surface area (Å²) < 4.78 is 278. The maximum Gasteiger partial charge on any atom is 0.205 e. The van der Waals surface area contributed by atoms with Gasteiger partial charge in [0.05, 0.1) is 77.2 Å². The molecule has 0 aliphatic rings. The van der Waals surface area contributed by atoms with E-state index >= 15 is 0 Å². The summed E-state index contributed by atoms with van der Waals surface area (Å²) in [4.78, 5) is 6.15. The third kappa shape index (κ3) is 34.9. The van der Waals surface area contributed by atoms with Gasteiger partial charge in [0.1, 0.15) is 80.6 Å². The molecule has 0 spiro atoms. The van der Waals surface area contributed by atoms with Gasteiger partial charge in [0.2, 0.25) is 23.3 Å². The third-order valence-electron chi connectivity index (χ3n) is 22.4. The smallest absolute Gasteiger partial charge is 0.205 e. The van der Waals surface area contributed by atoms with Crippen LogP contribution in [0.25, 0.3) is 0 Å². The van der Waals surface area contributed by atoms with Gasteiger partial charge < -0.3 is 42.1 Å². The van der Waals surface area contributed by atoms with Gasteiger partial charge in [-0.05, 0) is 286 Å². The van der Waals surface area contributed by atoms with Crippen LogP contribution in [0.4, 0.5) is 48.3 Å². The summed E-state index contributed by atoms with van der Waals surface area (Å²) in [6, 6.07) is 112. The molecule has 0 aromatic heterocycles. The van der Waals surface area contributed by atoms with E-state index in [-0.39, 0.29) is 70.4 Å². The Morgan fingerprint density at radius 3 is 0.623 bits per heavy atom. The predicted molar refractivity (Wildman–Crippen MR) is 543 cm³/mol. The van der Waals surface area contributed by atoms with Crippen molar-refractivity contribution in [2.45, 2.75) is 176 Å². The molecule has 0 radical (unpaired) electrons. The van der Waals surface area contributed by atoms with Gasteiger partial charge in [0.25, 0.3) is 0 Å². The highest BCUT2D eigenvalue weighted by Gasteiger charge is 2.35. The topological polar surface area (TPSA) is 227 Å². The van der Waals surface area contributed by atoms with E-state index in [9.17, 15) is 87.2 Å². The molecule has 146 heavy (non-hydrogen) atoms. The van der Waals surface area contributed by atoms with Crippen molar-refractivity contribution in [3.05, 3.63) is 433 Å². The summed E-state index contributed by atoms with van der Waals surface area (Å²) >= 11 is 0. The van der Waals surface area contributed by atoms with E-state index in [1.807, 2.05) is 48.5 Å². The van der Waals surface area contributed by atoms with Crippen LogP contribution in [-0.4, -0.2) is 78.6 Å². The van der Waals surface area contributed by atoms with Gasteiger partial charge in [-0.25, -0.2) is 56.0 Å². The first-order chi connectivity index (χ1) is 70.1. The van der Waals surface area contributed by atoms with Crippen LogP contribution in [0, 0.1) is 64.0 Å². The average Bonchev–Trinajstić information content (AvgIpc) is 0.773. The summed E-state index contributed by atoms with van der Waals surface area (Å²) in [7, 11) is -16.5. The van der Waals surface area contributed by atoms with Crippen LogP contribution in [-0.2, 0) is 63.0 Å². The third-order valence-corrected chi connectivity index (χ3v) is 31.6. The standard InChI is InChI=1S/C22H26F4O5S.C19H20F4O5S.C19H24O5S.C18H12F3S.2C18H15S/c1-3-14(2)15-8-10-16(11-9-15)30-12-6-4-5-7-13-31-21-17(23)19(25)22(32(27,28)29)20(26)18(21)24;1-3-11(2)12-5-7-13(8-6-12)27-9-4-10-28-18-14(20)16(22)19(29(24,25)26)17(23)15(18)21;1-3-15(2)16-5-7-17(8-6-16)23-13-4-14-24-18-9-11-19(12-10-18)25(20,21)22;19-13-1-7-16(8-2-13)22(17-9-3-14(20)4-10-17)18-11-5-15(21)6-12-18;2*1-4-10-16(11-5-1)19(17-12-6-2-7-13-17)18-14-8-3-9-15-18/h8-11,14H,3-7,12-13H2,1-2H3,(H,27,28,29);5-8,11H,3-4,9-10H2,1-2H3,(H,24,25,26);5-12,15H,3-4,13-14H2,1-2H3,(H,20,21,22);1-12H;2*1-15H/q;;;3*+1/p-3. The molecule has 0 saturated heterocycles. The first kappa shape index (κ1) is 115. The maximum absolute atomic E-state index is 13.8. The molecule has 0 saturated carbocycles. The lowest BCUT2D eigenvalue weighted by Crippen LogP contribution is -2.13. The molecule has 15 aromatic rings. The number of ether oxygens (including phenoxy) is 6. The van der Waals surface area contributed by atoms with Crippen molar-refractivity contribution in [3.8, 4) is 34.5 Å². The fraction of sp³-hybridized carbons (Fsp3) is 0.211. The van der Waals surface area contributed by atoms with Crippen LogP contribution < -0.4 is 28.4 Å². The van der Waals surface area contributed by atoms with Gasteiger partial charge in [-0.2, -0.15) is 17.6 Å². The highest BCUT2D eigenvalue weighted by atomic mass is 32.2. The molecular weight excluding hydrogens is 2010 g/mol. The Balaban J connectivity index is 0.000000181. The summed E-state index contributed by atoms with van der Waals surface area (Å²) in [5.74, 6) is -17.2. The van der Waals surface area contributed by atoms with Gasteiger partial charge >= 0.3 is 0 Å². The molecule has 3 atom stereocenters. The number of hydrogen-bond donors (Lipinski definition) is 0. The van der Waals surface area contributed by atoms with Crippen molar-refractivity contribution in [1.82, 2.24) is 0 Å². The van der Waals surface area contributed by atoms with Gasteiger partial charge in [-0.1, -0.05) is 187 Å². The molecule has 0 N–H and O–H groups in total. The fourth-order valence-electron chi connectivity index (χ4n) is 14.0. The van der Waals surface area contributed by atoms with E-state index in [1.54, 1.807) is 48.5 Å². The van der Waals surface area contributed by atoms with Crippen LogP contribution in [0.5, 0.6) is 34.5 Å². The zero-order chi connectivity index (χ0) is 105. The molecule has 3 unspecified atom stereocenters. The molecule has 32 heteroatoms. The Bertz CT molecular complexity index is 6400. The van der Waals surface area contributed by atoms with E-state index in [1.165, 1.54) is 101 Å². The first-order valence-electron chi connectivity index (χ1n) is 46.6. The molecule has 15 nitrogen and oxygen atoms in total. The maximum atomic E-state index is 13.8. The minimum atomic E-state index is -5.75. The van der Waals surface area contributed by atoms with E-state index in [0.717, 1.165) is 63.9 Å². The van der Waals surface area contributed by atoms with E-state index in [4.69, 9.17) is 28.4 Å². The van der Waals surface area contributed by atoms with Gasteiger partial charge in [-0.3, -0.25) is 0 Å². The molecule has 0 fully saturated rings. The Morgan fingerprint density at radius 1 is 0.226 bits per heavy atom.